The number of nitrogens with one attached hydrogen (secondary N) is 2. The van der Waals surface area contributed by atoms with Gasteiger partial charge in [0.2, 0.25) is 6.41 Å². The number of esters is 1. The van der Waals surface area contributed by atoms with E-state index in [9.17, 15) is 39.6 Å². The number of ether oxygens (including phenoxy) is 3. The second-order valence-electron chi connectivity index (χ2n) is 22.8. The van der Waals surface area contributed by atoms with Crippen LogP contribution in [0.3, 0.4) is 0 Å². The smallest absolute Gasteiger partial charge is 0.312 e. The minimum atomic E-state index is -1.93. The molecule has 5 aliphatic heterocycles. The van der Waals surface area contributed by atoms with Crippen molar-refractivity contribution in [3.05, 3.63) is 93.4 Å². The fourth-order valence-corrected chi connectivity index (χ4v) is 12.2. The van der Waals surface area contributed by atoms with Crippen molar-refractivity contribution in [3.8, 4) is 17.2 Å². The van der Waals surface area contributed by atoms with Crippen LogP contribution in [0, 0.1) is 41.9 Å². The summed E-state index contributed by atoms with van der Waals surface area (Å²) in [5.74, 6) is -6.03. The number of aliphatic hydroxyl groups is 3. The standard InChI is InChI=1S/C59H77N5O11.CH4O/c1-33(2)31-64-26-23-59(24-27-64)62-46-43-44-51(69)39(8)54-45(43)55(71)57(9,75-54)73-28-14-17-35(4)53(74-42(66)20-13-21-58(22-25-60-32-65)29-40-18-10-11-19-41(40)30-58)38(7)50(68)37(6)49(67)34(3)15-12-16-36(5)56(72)61-48(52(44)70)47(46)63-59;1-2/h10-12,14-16,18-19,28,32-35,37-38,49-50,53,67-70H,13,17,20-27,29-31H2,1-9H3,(H,60,65)(H,61,72);2H,1H3/b15-12+,28-14+,36-16-;/t34-,35+,37+,38+,49-,50?,53?,57?;/m0./s1. The second-order valence-corrected chi connectivity index (χ2v) is 22.8. The maximum atomic E-state index is 14.9. The van der Waals surface area contributed by atoms with Crippen LogP contribution in [-0.2, 0) is 36.7 Å². The van der Waals surface area contributed by atoms with Crippen molar-refractivity contribution in [2.45, 2.75) is 150 Å². The number of hydrogen-bond acceptors (Lipinski definition) is 15. The molecule has 1 aliphatic carbocycles. The van der Waals surface area contributed by atoms with Crippen LogP contribution in [0.1, 0.15) is 127 Å². The van der Waals surface area contributed by atoms with Gasteiger partial charge in [0.1, 0.15) is 28.6 Å². The number of benzene rings is 3. The van der Waals surface area contributed by atoms with Gasteiger partial charge in [-0.05, 0) is 86.8 Å². The fraction of sp³-hybridized carbons (Fsp3) is 0.567. The quantitative estimate of drug-likeness (QED) is 0.0452. The molecule has 17 nitrogen and oxygen atoms in total. The molecular formula is C60H81N5O12. The van der Waals surface area contributed by atoms with Crippen molar-refractivity contribution in [3.63, 3.8) is 0 Å². The van der Waals surface area contributed by atoms with E-state index >= 15 is 0 Å². The molecule has 0 saturated carbocycles. The van der Waals surface area contributed by atoms with Gasteiger partial charge in [-0.25, -0.2) is 0 Å². The summed E-state index contributed by atoms with van der Waals surface area (Å²) >= 11 is 0. The van der Waals surface area contributed by atoms with Crippen LogP contribution in [0.5, 0.6) is 17.2 Å². The molecule has 1 saturated heterocycles. The number of anilines is 1. The highest BCUT2D eigenvalue weighted by atomic mass is 16.7. The van der Waals surface area contributed by atoms with E-state index in [4.69, 9.17) is 29.3 Å². The van der Waals surface area contributed by atoms with Gasteiger partial charge in [-0.1, -0.05) is 84.0 Å². The molecule has 3 aromatic carbocycles. The van der Waals surface area contributed by atoms with Crippen LogP contribution < -0.4 is 26.1 Å². The lowest BCUT2D eigenvalue weighted by Gasteiger charge is -2.36. The van der Waals surface area contributed by atoms with E-state index in [2.05, 4.69) is 41.5 Å². The highest BCUT2D eigenvalue weighted by Crippen LogP contribution is 2.50. The molecule has 1 spiro atoms. The Morgan fingerprint density at radius 1 is 0.948 bits per heavy atom. The number of allylic oxidation sites excluding steroid dienone is 3. The summed E-state index contributed by atoms with van der Waals surface area (Å²) in [4.78, 5) is 66.8. The van der Waals surface area contributed by atoms with Gasteiger partial charge in [0.15, 0.2) is 11.4 Å². The van der Waals surface area contributed by atoms with E-state index in [0.29, 0.717) is 51.2 Å². The molecule has 6 aliphatic rings. The number of phenolic OH excluding ortho intramolecular Hbond substituents is 2. The van der Waals surface area contributed by atoms with Crippen molar-refractivity contribution in [1.82, 2.24) is 10.2 Å². The monoisotopic (exact) mass is 1060 g/mol. The number of hydrogen-bond donors (Lipinski definition) is 7. The molecule has 5 bridgehead atoms. The molecular weight excluding hydrogens is 983 g/mol. The SMILES string of the molecule is C/C1=C/C=C/[C@H](C)[C@H](O)[C@@H](C)C(O)[C@@H](C)C(OC(=O)CCCC2(CCNC=O)Cc3ccccc3C2)[C@H](C)C/C=C/OC2(C)Oc3c(C)c(O)c4c(O)c(c5c(c4c3C2=O)=NC2(CCN(CC(C)C)CC2)N=5)NC1=O.CO. The van der Waals surface area contributed by atoms with Crippen molar-refractivity contribution in [1.29, 1.82) is 0 Å². The zero-order valence-electron chi connectivity index (χ0n) is 46.5. The average Bonchev–Trinajstić information content (AvgIpc) is 4.21. The number of nitrogens with zero attached hydrogens (tertiary/aromatic N) is 3. The average molecular weight is 1060 g/mol. The van der Waals surface area contributed by atoms with Gasteiger partial charge in [0, 0.05) is 93.8 Å². The summed E-state index contributed by atoms with van der Waals surface area (Å²) in [6.45, 7) is 19.1. The molecule has 8 atom stereocenters. The predicted molar refractivity (Wildman–Crippen MR) is 293 cm³/mol. The number of phenols is 2. The Morgan fingerprint density at radius 3 is 2.26 bits per heavy atom. The van der Waals surface area contributed by atoms with E-state index in [-0.39, 0.29) is 73.6 Å². The molecule has 5 heterocycles. The van der Waals surface area contributed by atoms with Gasteiger partial charge in [-0.2, -0.15) is 0 Å². The number of amides is 2. The lowest BCUT2D eigenvalue weighted by atomic mass is 9.77. The number of ketones is 1. The van der Waals surface area contributed by atoms with Crippen LogP contribution in [0.15, 0.2) is 70.4 Å². The maximum absolute atomic E-state index is 14.9. The number of carbonyl (C=O) groups is 4. The van der Waals surface area contributed by atoms with Crippen LogP contribution in [0.2, 0.25) is 0 Å². The number of likely N-dealkylation sites (tertiary alicyclic amines) is 1. The summed E-state index contributed by atoms with van der Waals surface area (Å²) < 4.78 is 18.9. The van der Waals surface area contributed by atoms with Gasteiger partial charge >= 0.3 is 11.8 Å². The van der Waals surface area contributed by atoms with Gasteiger partial charge in [-0.15, -0.1) is 0 Å². The van der Waals surface area contributed by atoms with Crippen molar-refractivity contribution in [2.24, 2.45) is 45.0 Å². The Labute approximate surface area is 452 Å². The summed E-state index contributed by atoms with van der Waals surface area (Å²) in [6.07, 6.45) is 11.1. The van der Waals surface area contributed by atoms with Crippen LogP contribution in [0.4, 0.5) is 5.69 Å². The van der Waals surface area contributed by atoms with Gasteiger partial charge < -0.3 is 55.3 Å². The Morgan fingerprint density at radius 2 is 1.61 bits per heavy atom. The van der Waals surface area contributed by atoms with Gasteiger partial charge in [-0.3, -0.25) is 29.2 Å². The third-order valence-corrected chi connectivity index (χ3v) is 16.7. The molecule has 17 heteroatoms. The molecule has 7 N–H and O–H groups in total. The van der Waals surface area contributed by atoms with Crippen molar-refractivity contribution < 1.29 is 58.9 Å². The highest BCUT2D eigenvalue weighted by Gasteiger charge is 2.50. The zero-order valence-corrected chi connectivity index (χ0v) is 46.5. The minimum Gasteiger partial charge on any atom is -0.507 e. The zero-order chi connectivity index (χ0) is 56.1. The number of piperidine rings is 1. The summed E-state index contributed by atoms with van der Waals surface area (Å²) in [5, 5.41) is 61.0. The fourth-order valence-electron chi connectivity index (χ4n) is 12.2. The van der Waals surface area contributed by atoms with E-state index in [1.165, 1.54) is 24.3 Å². The summed E-state index contributed by atoms with van der Waals surface area (Å²) in [5.41, 5.74) is 1.91. The Bertz CT molecular complexity index is 2900. The largest absolute Gasteiger partial charge is 0.507 e. The van der Waals surface area contributed by atoms with Crippen LogP contribution >= 0.6 is 0 Å². The van der Waals surface area contributed by atoms with Gasteiger partial charge in [0.25, 0.3) is 11.7 Å². The number of aliphatic hydroxyl groups excluding tert-OH is 3. The molecule has 418 valence electrons. The number of carbonyl (C=O) groups excluding carboxylic acids is 4. The Kier molecular flexibility index (Phi) is 18.4. The molecule has 1 fully saturated rings. The molecule has 2 amide bonds. The summed E-state index contributed by atoms with van der Waals surface area (Å²) in [7, 11) is 1.00. The van der Waals surface area contributed by atoms with Gasteiger partial charge in [0.05, 0.1) is 34.8 Å². The molecule has 0 aromatic heterocycles. The Hall–Kier alpha value is -6.14. The first kappa shape index (κ1) is 58.5. The predicted octanol–water partition coefficient (Wildman–Crippen LogP) is 6.80. The minimum absolute atomic E-state index is 0.0512. The van der Waals surface area contributed by atoms with E-state index in [0.717, 1.165) is 39.3 Å². The molecule has 3 aromatic rings. The first-order valence-electron chi connectivity index (χ1n) is 27.4. The molecule has 77 heavy (non-hydrogen) atoms. The normalized spacial score (nSPS) is 28.4. The Balaban J connectivity index is 0.00000426. The third kappa shape index (κ3) is 12.1. The molecule has 0 radical (unpaired) electrons. The first-order chi connectivity index (χ1) is 36.6. The topological polar surface area (TPSA) is 249 Å². The molecule has 3 unspecified atom stereocenters. The van der Waals surface area contributed by atoms with E-state index in [1.54, 1.807) is 45.1 Å². The van der Waals surface area contributed by atoms with Crippen LogP contribution in [-0.4, -0.2) is 118 Å². The highest BCUT2D eigenvalue weighted by molar-refractivity contribution is 6.19. The van der Waals surface area contributed by atoms with Crippen molar-refractivity contribution in [2.75, 3.05) is 38.6 Å². The second kappa shape index (κ2) is 24.3. The van der Waals surface area contributed by atoms with Crippen molar-refractivity contribution >= 4 is 40.5 Å². The number of Topliss-reactive ketones (excluding diaryl/α,β-unsaturated/α-hetero) is 1. The van der Waals surface area contributed by atoms with Crippen LogP contribution in [0.25, 0.3) is 10.8 Å². The number of aromatic hydroxyl groups is 2. The number of fused-ring (bicyclic) bond motifs is 14. The molecule has 9 rings (SSSR count). The lowest BCUT2D eigenvalue weighted by molar-refractivity contribution is -0.160. The third-order valence-electron chi connectivity index (χ3n) is 16.7. The van der Waals surface area contributed by atoms with E-state index in [1.807, 2.05) is 32.9 Å². The van der Waals surface area contributed by atoms with E-state index < -0.39 is 76.8 Å². The lowest BCUT2D eigenvalue weighted by Crippen LogP contribution is -2.44. The first-order valence-corrected chi connectivity index (χ1v) is 27.4. The number of rotatable bonds is 11. The maximum Gasteiger partial charge on any atom is 0.312 e. The summed E-state index contributed by atoms with van der Waals surface area (Å²) in [6, 6.07) is 8.35.